The SMILES string of the molecule is CCC1(C)NC(=O)Nc2sc(N)cc21. The van der Waals surface area contributed by atoms with E-state index in [1.54, 1.807) is 0 Å². The van der Waals surface area contributed by atoms with E-state index in [1.807, 2.05) is 19.9 Å². The molecule has 0 saturated heterocycles. The summed E-state index contributed by atoms with van der Waals surface area (Å²) in [5.74, 6) is 0. The van der Waals surface area contributed by atoms with Crippen LogP contribution in [0.3, 0.4) is 0 Å². The maximum absolute atomic E-state index is 11.4. The third-order valence-electron chi connectivity index (χ3n) is 2.67. The predicted octanol–water partition coefficient (Wildman–Crippen LogP) is 2.09. The summed E-state index contributed by atoms with van der Waals surface area (Å²) in [6, 6.07) is 1.78. The van der Waals surface area contributed by atoms with Crippen LogP contribution in [0.25, 0.3) is 0 Å². The Bertz CT molecular complexity index is 387. The summed E-state index contributed by atoms with van der Waals surface area (Å²) >= 11 is 1.42. The van der Waals surface area contributed by atoms with Crippen molar-refractivity contribution >= 4 is 27.4 Å². The highest BCUT2D eigenvalue weighted by Gasteiger charge is 2.35. The highest BCUT2D eigenvalue weighted by atomic mass is 32.1. The summed E-state index contributed by atoms with van der Waals surface area (Å²) in [4.78, 5) is 11.4. The Labute approximate surface area is 86.5 Å². The van der Waals surface area contributed by atoms with Gasteiger partial charge in [0, 0.05) is 5.56 Å². The van der Waals surface area contributed by atoms with Gasteiger partial charge < -0.3 is 11.1 Å². The zero-order chi connectivity index (χ0) is 10.3. The number of carbonyl (C=O) groups excluding carboxylic acids is 1. The number of nitrogens with two attached hydrogens (primary N) is 1. The van der Waals surface area contributed by atoms with Gasteiger partial charge in [-0.25, -0.2) is 4.79 Å². The normalized spacial score (nSPS) is 25.1. The lowest BCUT2D eigenvalue weighted by Crippen LogP contribution is -2.48. The molecule has 1 aromatic rings. The minimum absolute atomic E-state index is 0.149. The lowest BCUT2D eigenvalue weighted by atomic mass is 9.90. The fraction of sp³-hybridized carbons (Fsp3) is 0.444. The number of anilines is 2. The molecule has 0 aliphatic carbocycles. The number of nitrogens with one attached hydrogen (secondary N) is 2. The van der Waals surface area contributed by atoms with Gasteiger partial charge >= 0.3 is 6.03 Å². The summed E-state index contributed by atoms with van der Waals surface area (Å²) in [5.41, 5.74) is 6.52. The van der Waals surface area contributed by atoms with E-state index in [1.165, 1.54) is 11.3 Å². The summed E-state index contributed by atoms with van der Waals surface area (Å²) in [7, 11) is 0. The molecular formula is C9H13N3OS. The van der Waals surface area contributed by atoms with Crippen LogP contribution in [-0.2, 0) is 5.54 Å². The van der Waals surface area contributed by atoms with Crippen LogP contribution in [0.4, 0.5) is 14.8 Å². The van der Waals surface area contributed by atoms with Crippen molar-refractivity contribution in [3.05, 3.63) is 11.6 Å². The van der Waals surface area contributed by atoms with E-state index in [0.717, 1.165) is 22.0 Å². The molecule has 2 rings (SSSR count). The van der Waals surface area contributed by atoms with Gasteiger partial charge in [0.25, 0.3) is 0 Å². The van der Waals surface area contributed by atoms with Crippen LogP contribution >= 0.6 is 11.3 Å². The van der Waals surface area contributed by atoms with Crippen LogP contribution < -0.4 is 16.4 Å². The molecule has 0 spiro atoms. The molecule has 0 radical (unpaired) electrons. The number of carbonyl (C=O) groups is 1. The number of fused-ring (bicyclic) bond motifs is 1. The number of hydrogen-bond donors (Lipinski definition) is 3. The number of urea groups is 1. The second kappa shape index (κ2) is 2.88. The molecule has 1 unspecified atom stereocenters. The van der Waals surface area contributed by atoms with Gasteiger partial charge in [0.1, 0.15) is 5.00 Å². The van der Waals surface area contributed by atoms with Crippen LogP contribution in [0.2, 0.25) is 0 Å². The average Bonchev–Trinajstić information content (AvgIpc) is 2.46. The summed E-state index contributed by atoms with van der Waals surface area (Å²) in [6.45, 7) is 4.06. The molecule has 2 amide bonds. The van der Waals surface area contributed by atoms with Gasteiger partial charge in [-0.3, -0.25) is 5.32 Å². The van der Waals surface area contributed by atoms with Gasteiger partial charge in [-0.15, -0.1) is 11.3 Å². The molecule has 0 bridgehead atoms. The fourth-order valence-electron chi connectivity index (χ4n) is 1.64. The van der Waals surface area contributed by atoms with E-state index < -0.39 is 0 Å². The molecule has 1 atom stereocenters. The summed E-state index contributed by atoms with van der Waals surface area (Å²) < 4.78 is 0. The van der Waals surface area contributed by atoms with Gasteiger partial charge in [0.2, 0.25) is 0 Å². The first-order valence-electron chi connectivity index (χ1n) is 4.54. The van der Waals surface area contributed by atoms with E-state index in [-0.39, 0.29) is 11.6 Å². The third-order valence-corrected chi connectivity index (χ3v) is 3.55. The predicted molar refractivity (Wildman–Crippen MR) is 58.5 cm³/mol. The maximum atomic E-state index is 11.4. The lowest BCUT2D eigenvalue weighted by molar-refractivity contribution is 0.235. The number of nitrogen functional groups attached to an aromatic ring is 1. The molecule has 0 saturated carbocycles. The Morgan fingerprint density at radius 3 is 3.00 bits per heavy atom. The van der Waals surface area contributed by atoms with Gasteiger partial charge in [0.05, 0.1) is 10.5 Å². The molecule has 1 aromatic heterocycles. The number of rotatable bonds is 1. The van der Waals surface area contributed by atoms with Crippen molar-refractivity contribution in [3.63, 3.8) is 0 Å². The van der Waals surface area contributed by atoms with Gasteiger partial charge in [-0.2, -0.15) is 0 Å². The van der Waals surface area contributed by atoms with Crippen LogP contribution in [0.15, 0.2) is 6.07 Å². The Morgan fingerprint density at radius 1 is 1.64 bits per heavy atom. The third kappa shape index (κ3) is 1.24. The molecule has 5 heteroatoms. The number of hydrogen-bond acceptors (Lipinski definition) is 3. The van der Waals surface area contributed by atoms with Crippen molar-refractivity contribution in [2.75, 3.05) is 11.1 Å². The smallest absolute Gasteiger partial charge is 0.320 e. The molecule has 4 N–H and O–H groups in total. The first-order valence-corrected chi connectivity index (χ1v) is 5.36. The highest BCUT2D eigenvalue weighted by molar-refractivity contribution is 7.20. The minimum atomic E-state index is -0.286. The highest BCUT2D eigenvalue weighted by Crippen LogP contribution is 2.41. The molecule has 14 heavy (non-hydrogen) atoms. The van der Waals surface area contributed by atoms with Crippen molar-refractivity contribution in [3.8, 4) is 0 Å². The zero-order valence-electron chi connectivity index (χ0n) is 8.18. The van der Waals surface area contributed by atoms with Crippen molar-refractivity contribution in [2.45, 2.75) is 25.8 Å². The lowest BCUT2D eigenvalue weighted by Gasteiger charge is -2.34. The van der Waals surface area contributed by atoms with Gasteiger partial charge in [0.15, 0.2) is 0 Å². The molecule has 2 heterocycles. The van der Waals surface area contributed by atoms with Crippen LogP contribution in [0.1, 0.15) is 25.8 Å². The Morgan fingerprint density at radius 2 is 2.36 bits per heavy atom. The van der Waals surface area contributed by atoms with Gasteiger partial charge in [-0.1, -0.05) is 6.92 Å². The van der Waals surface area contributed by atoms with Crippen LogP contribution in [0.5, 0.6) is 0 Å². The fourth-order valence-corrected chi connectivity index (χ4v) is 2.59. The van der Waals surface area contributed by atoms with Crippen LogP contribution in [0, 0.1) is 0 Å². The van der Waals surface area contributed by atoms with E-state index in [4.69, 9.17) is 5.73 Å². The minimum Gasteiger partial charge on any atom is -0.391 e. The molecule has 1 aliphatic rings. The van der Waals surface area contributed by atoms with E-state index in [0.29, 0.717) is 0 Å². The van der Waals surface area contributed by atoms with Crippen molar-refractivity contribution in [2.24, 2.45) is 0 Å². The Hall–Kier alpha value is -1.23. The second-order valence-corrected chi connectivity index (χ2v) is 4.74. The standard InChI is InChI=1S/C9H13N3OS/c1-3-9(2)5-4-6(10)14-7(5)11-8(13)12-9/h4H,3,10H2,1-2H3,(H2,11,12,13). The summed E-state index contributed by atoms with van der Waals surface area (Å²) in [5, 5.41) is 7.28. The van der Waals surface area contributed by atoms with Crippen molar-refractivity contribution in [1.29, 1.82) is 0 Å². The second-order valence-electron chi connectivity index (χ2n) is 3.66. The van der Waals surface area contributed by atoms with Crippen molar-refractivity contribution < 1.29 is 4.79 Å². The Balaban J connectivity index is 2.53. The molecule has 1 aliphatic heterocycles. The summed E-state index contributed by atoms with van der Waals surface area (Å²) in [6.07, 6.45) is 0.851. The maximum Gasteiger partial charge on any atom is 0.320 e. The molecule has 0 aromatic carbocycles. The first kappa shape index (κ1) is 9.33. The first-order chi connectivity index (χ1) is 6.55. The topological polar surface area (TPSA) is 67.2 Å². The quantitative estimate of drug-likeness (QED) is 0.665. The largest absolute Gasteiger partial charge is 0.391 e. The number of amides is 2. The van der Waals surface area contributed by atoms with Crippen molar-refractivity contribution in [1.82, 2.24) is 5.32 Å². The average molecular weight is 211 g/mol. The molecule has 76 valence electrons. The van der Waals surface area contributed by atoms with E-state index in [2.05, 4.69) is 10.6 Å². The zero-order valence-corrected chi connectivity index (χ0v) is 8.99. The van der Waals surface area contributed by atoms with Gasteiger partial charge in [-0.05, 0) is 19.4 Å². The number of thiophene rings is 1. The molecule has 4 nitrogen and oxygen atoms in total. The monoisotopic (exact) mass is 211 g/mol. The molecule has 0 fully saturated rings. The van der Waals surface area contributed by atoms with Crippen LogP contribution in [-0.4, -0.2) is 6.03 Å². The molecular weight excluding hydrogens is 198 g/mol. The van der Waals surface area contributed by atoms with E-state index in [9.17, 15) is 4.79 Å². The van der Waals surface area contributed by atoms with E-state index >= 15 is 0 Å². The Kier molecular flexibility index (Phi) is 1.92.